The lowest BCUT2D eigenvalue weighted by Crippen LogP contribution is -2.23. The lowest BCUT2D eigenvalue weighted by molar-refractivity contribution is -0.137. The molecule has 0 heterocycles. The van der Waals surface area contributed by atoms with E-state index in [0.29, 0.717) is 5.69 Å². The minimum atomic E-state index is -4.49. The summed E-state index contributed by atoms with van der Waals surface area (Å²) in [5, 5.41) is 5.08. The average molecular weight is 337 g/mol. The van der Waals surface area contributed by atoms with Gasteiger partial charge in [0.25, 0.3) is 5.91 Å². The molecule has 0 aliphatic rings. The van der Waals surface area contributed by atoms with E-state index in [-0.39, 0.29) is 17.8 Å². The molecule has 0 radical (unpaired) electrons. The first kappa shape index (κ1) is 17.3. The van der Waals surface area contributed by atoms with Crippen molar-refractivity contribution >= 4 is 23.2 Å². The molecule has 0 atom stereocenters. The van der Waals surface area contributed by atoms with Crippen LogP contribution in [0.15, 0.2) is 48.5 Å². The van der Waals surface area contributed by atoms with E-state index in [0.717, 1.165) is 12.1 Å². The number of halogens is 3. The molecule has 0 spiro atoms. The lowest BCUT2D eigenvalue weighted by Gasteiger charge is -2.12. The summed E-state index contributed by atoms with van der Waals surface area (Å²) in [4.78, 5) is 23.1. The summed E-state index contributed by atoms with van der Waals surface area (Å²) in [6, 6.07) is 10.6. The van der Waals surface area contributed by atoms with E-state index >= 15 is 0 Å². The molecule has 0 fully saturated rings. The van der Waals surface area contributed by atoms with Gasteiger partial charge in [0, 0.05) is 11.4 Å². The van der Waals surface area contributed by atoms with Crippen LogP contribution in [0.3, 0.4) is 0 Å². The van der Waals surface area contributed by atoms with Crippen LogP contribution in [0.5, 0.6) is 0 Å². The normalized spacial score (nSPS) is 11.0. The highest BCUT2D eigenvalue weighted by Gasteiger charge is 2.30. The number of hydrogen-bond donors (Lipinski definition) is 3. The fourth-order valence-corrected chi connectivity index (χ4v) is 2.01. The number of carbonyl (C=O) groups excluding carboxylic acids is 2. The largest absolute Gasteiger partial charge is 0.416 e. The fourth-order valence-electron chi connectivity index (χ4n) is 2.01. The van der Waals surface area contributed by atoms with E-state index in [1.165, 1.54) is 18.2 Å². The summed E-state index contributed by atoms with van der Waals surface area (Å²) >= 11 is 0. The quantitative estimate of drug-likeness (QED) is 0.784. The van der Waals surface area contributed by atoms with Gasteiger partial charge >= 0.3 is 6.18 Å². The smallest absolute Gasteiger partial charge is 0.376 e. The summed E-state index contributed by atoms with van der Waals surface area (Å²) in [6.07, 6.45) is -4.49. The summed E-state index contributed by atoms with van der Waals surface area (Å²) in [5.41, 5.74) is 4.97. The van der Waals surface area contributed by atoms with Gasteiger partial charge in [-0.05, 0) is 30.3 Å². The van der Waals surface area contributed by atoms with Gasteiger partial charge in [-0.1, -0.05) is 18.2 Å². The van der Waals surface area contributed by atoms with E-state index in [4.69, 9.17) is 5.73 Å². The van der Waals surface area contributed by atoms with Crippen LogP contribution in [0.25, 0.3) is 0 Å². The van der Waals surface area contributed by atoms with Crippen molar-refractivity contribution in [2.24, 2.45) is 5.73 Å². The van der Waals surface area contributed by atoms with Gasteiger partial charge in [-0.3, -0.25) is 9.59 Å². The molecule has 0 saturated carbocycles. The first-order valence-electron chi connectivity index (χ1n) is 6.87. The Balaban J connectivity index is 2.01. The number of nitrogens with one attached hydrogen (secondary N) is 2. The molecule has 0 aliphatic carbocycles. The molecule has 0 aliphatic heterocycles. The predicted octanol–water partition coefficient (Wildman–Crippen LogP) is 2.85. The summed E-state index contributed by atoms with van der Waals surface area (Å²) in [7, 11) is 0. The fraction of sp³-hybridized carbons (Fsp3) is 0.125. The lowest BCUT2D eigenvalue weighted by atomic mass is 10.1. The van der Waals surface area contributed by atoms with Crippen molar-refractivity contribution in [1.82, 2.24) is 0 Å². The zero-order valence-electron chi connectivity index (χ0n) is 12.4. The minimum absolute atomic E-state index is 0.0276. The van der Waals surface area contributed by atoms with Crippen LogP contribution in [0.4, 0.5) is 24.5 Å². The Morgan fingerprint density at radius 2 is 1.75 bits per heavy atom. The number of benzene rings is 2. The minimum Gasteiger partial charge on any atom is -0.376 e. The number of hydrogen-bond acceptors (Lipinski definition) is 3. The molecule has 0 bridgehead atoms. The number of rotatable bonds is 5. The second kappa shape index (κ2) is 7.03. The van der Waals surface area contributed by atoms with Gasteiger partial charge in [0.1, 0.15) is 0 Å². The van der Waals surface area contributed by atoms with Crippen molar-refractivity contribution in [2.75, 3.05) is 17.2 Å². The molecule has 0 unspecified atom stereocenters. The SMILES string of the molecule is NC(=O)c1ccccc1NCC(=O)Nc1cccc(C(F)(F)F)c1. The van der Waals surface area contributed by atoms with Crippen molar-refractivity contribution < 1.29 is 22.8 Å². The van der Waals surface area contributed by atoms with Crippen molar-refractivity contribution in [3.8, 4) is 0 Å². The molecule has 24 heavy (non-hydrogen) atoms. The predicted molar refractivity (Wildman–Crippen MR) is 83.5 cm³/mol. The van der Waals surface area contributed by atoms with Gasteiger partial charge in [-0.15, -0.1) is 0 Å². The van der Waals surface area contributed by atoms with E-state index in [1.807, 2.05) is 0 Å². The number of amides is 2. The monoisotopic (exact) mass is 337 g/mol. The van der Waals surface area contributed by atoms with E-state index in [9.17, 15) is 22.8 Å². The van der Waals surface area contributed by atoms with Crippen molar-refractivity contribution in [2.45, 2.75) is 6.18 Å². The van der Waals surface area contributed by atoms with Crippen LogP contribution in [0.1, 0.15) is 15.9 Å². The maximum Gasteiger partial charge on any atom is 0.416 e. The van der Waals surface area contributed by atoms with Gasteiger partial charge in [0.05, 0.1) is 17.7 Å². The Kier molecular flexibility index (Phi) is 5.08. The molecule has 2 amide bonds. The van der Waals surface area contributed by atoms with Gasteiger partial charge in [-0.25, -0.2) is 0 Å². The number of carbonyl (C=O) groups is 2. The van der Waals surface area contributed by atoms with E-state index in [2.05, 4.69) is 10.6 Å². The Morgan fingerprint density at radius 3 is 2.42 bits per heavy atom. The van der Waals surface area contributed by atoms with Crippen LogP contribution in [0.2, 0.25) is 0 Å². The van der Waals surface area contributed by atoms with Crippen molar-refractivity contribution in [3.63, 3.8) is 0 Å². The van der Waals surface area contributed by atoms with E-state index in [1.54, 1.807) is 18.2 Å². The Bertz CT molecular complexity index is 760. The molecular weight excluding hydrogens is 323 g/mol. The van der Waals surface area contributed by atoms with Crippen LogP contribution in [-0.4, -0.2) is 18.4 Å². The third kappa shape index (κ3) is 4.48. The zero-order chi connectivity index (χ0) is 17.7. The second-order valence-electron chi connectivity index (χ2n) is 4.89. The number of alkyl halides is 3. The highest BCUT2D eigenvalue weighted by atomic mass is 19.4. The highest BCUT2D eigenvalue weighted by molar-refractivity contribution is 6.00. The Labute approximate surface area is 135 Å². The van der Waals surface area contributed by atoms with Gasteiger partial charge in [0.15, 0.2) is 0 Å². The maximum atomic E-state index is 12.6. The number of nitrogens with two attached hydrogens (primary N) is 1. The van der Waals surface area contributed by atoms with Gasteiger partial charge in [0.2, 0.25) is 5.91 Å². The summed E-state index contributed by atoms with van der Waals surface area (Å²) in [6.45, 7) is -0.236. The number of anilines is 2. The third-order valence-corrected chi connectivity index (χ3v) is 3.11. The standard InChI is InChI=1S/C16H14F3N3O2/c17-16(18,19)10-4-3-5-11(8-10)22-14(23)9-21-13-7-2-1-6-12(13)15(20)24/h1-8,21H,9H2,(H2,20,24)(H,22,23). The van der Waals surface area contributed by atoms with E-state index < -0.39 is 23.6 Å². The topological polar surface area (TPSA) is 84.2 Å². The number of para-hydroxylation sites is 1. The molecule has 2 aromatic rings. The molecule has 8 heteroatoms. The van der Waals surface area contributed by atoms with Crippen molar-refractivity contribution in [3.05, 3.63) is 59.7 Å². The molecular formula is C16H14F3N3O2. The molecule has 2 aromatic carbocycles. The summed E-state index contributed by atoms with van der Waals surface area (Å²) < 4.78 is 37.9. The molecule has 2 rings (SSSR count). The van der Waals surface area contributed by atoms with Crippen LogP contribution < -0.4 is 16.4 Å². The van der Waals surface area contributed by atoms with Crippen molar-refractivity contribution in [1.29, 1.82) is 0 Å². The zero-order valence-corrected chi connectivity index (χ0v) is 12.4. The summed E-state index contributed by atoms with van der Waals surface area (Å²) in [5.74, 6) is -1.22. The number of primary amides is 1. The Hall–Kier alpha value is -3.03. The first-order valence-corrected chi connectivity index (χ1v) is 6.87. The average Bonchev–Trinajstić information content (AvgIpc) is 2.52. The van der Waals surface area contributed by atoms with Gasteiger partial charge in [-0.2, -0.15) is 13.2 Å². The molecule has 4 N–H and O–H groups in total. The van der Waals surface area contributed by atoms with Crippen LogP contribution in [0, 0.1) is 0 Å². The second-order valence-corrected chi connectivity index (χ2v) is 4.89. The van der Waals surface area contributed by atoms with Gasteiger partial charge < -0.3 is 16.4 Å². The third-order valence-electron chi connectivity index (χ3n) is 3.11. The molecule has 0 saturated heterocycles. The molecule has 126 valence electrons. The maximum absolute atomic E-state index is 12.6. The highest BCUT2D eigenvalue weighted by Crippen LogP contribution is 2.30. The molecule has 0 aromatic heterocycles. The molecule has 5 nitrogen and oxygen atoms in total. The van der Waals surface area contributed by atoms with Crippen LogP contribution >= 0.6 is 0 Å². The first-order chi connectivity index (χ1) is 11.3. The Morgan fingerprint density at radius 1 is 1.04 bits per heavy atom. The van der Waals surface area contributed by atoms with Crippen LogP contribution in [-0.2, 0) is 11.0 Å².